The van der Waals surface area contributed by atoms with E-state index in [-0.39, 0.29) is 11.5 Å². The average molecular weight is 243 g/mol. The van der Waals surface area contributed by atoms with E-state index in [1.165, 1.54) is 32.8 Å². The summed E-state index contributed by atoms with van der Waals surface area (Å²) in [5, 5.41) is 0. The van der Waals surface area contributed by atoms with Gasteiger partial charge in [-0.05, 0) is 19.3 Å². The van der Waals surface area contributed by atoms with Crippen molar-refractivity contribution in [2.24, 2.45) is 5.73 Å². The maximum atomic E-state index is 10.9. The van der Waals surface area contributed by atoms with E-state index in [9.17, 15) is 4.79 Å². The summed E-state index contributed by atoms with van der Waals surface area (Å²) in [5.74, 6) is -0.175. The quantitative estimate of drug-likeness (QED) is 0.440. The molecule has 0 heterocycles. The normalized spacial score (nSPS) is 19.6. The largest absolute Gasteiger partial charge is 0.469 e. The molecule has 0 atom stereocenters. The number of ether oxygens (including phenoxy) is 2. The Morgan fingerprint density at radius 2 is 1.88 bits per heavy atom. The van der Waals surface area contributed by atoms with Crippen LogP contribution in [0.4, 0.5) is 0 Å². The predicted molar refractivity (Wildman–Crippen MR) is 66.7 cm³/mol. The van der Waals surface area contributed by atoms with Crippen molar-refractivity contribution in [1.29, 1.82) is 0 Å². The number of methoxy groups -OCH3 is 1. The van der Waals surface area contributed by atoms with Crippen molar-refractivity contribution >= 4 is 5.97 Å². The Balaban J connectivity index is 2.10. The molecule has 0 saturated heterocycles. The molecule has 0 spiro atoms. The topological polar surface area (TPSA) is 61.5 Å². The van der Waals surface area contributed by atoms with Gasteiger partial charge in [0, 0.05) is 18.6 Å². The van der Waals surface area contributed by atoms with E-state index in [2.05, 4.69) is 4.74 Å². The van der Waals surface area contributed by atoms with E-state index in [1.807, 2.05) is 0 Å². The molecule has 17 heavy (non-hydrogen) atoms. The van der Waals surface area contributed by atoms with Crippen molar-refractivity contribution in [3.63, 3.8) is 0 Å². The first kappa shape index (κ1) is 14.5. The Hall–Kier alpha value is -0.610. The van der Waals surface area contributed by atoms with Crippen LogP contribution in [0.5, 0.6) is 0 Å². The summed E-state index contributed by atoms with van der Waals surface area (Å²) in [7, 11) is 1.41. The molecule has 1 aliphatic carbocycles. The van der Waals surface area contributed by atoms with Crippen LogP contribution in [-0.4, -0.2) is 31.8 Å². The van der Waals surface area contributed by atoms with Crippen LogP contribution in [0.2, 0.25) is 0 Å². The van der Waals surface area contributed by atoms with Crippen LogP contribution in [0.1, 0.15) is 51.4 Å². The lowest BCUT2D eigenvalue weighted by molar-refractivity contribution is -0.141. The van der Waals surface area contributed by atoms with Crippen molar-refractivity contribution in [1.82, 2.24) is 0 Å². The van der Waals surface area contributed by atoms with Crippen LogP contribution in [0.3, 0.4) is 0 Å². The van der Waals surface area contributed by atoms with E-state index < -0.39 is 0 Å². The fourth-order valence-corrected chi connectivity index (χ4v) is 2.27. The maximum absolute atomic E-state index is 10.9. The van der Waals surface area contributed by atoms with E-state index in [4.69, 9.17) is 10.5 Å². The summed E-state index contributed by atoms with van der Waals surface area (Å²) in [6.07, 6.45) is 8.26. The minimum absolute atomic E-state index is 0.137. The fourth-order valence-electron chi connectivity index (χ4n) is 2.27. The molecule has 1 aliphatic rings. The smallest absolute Gasteiger partial charge is 0.305 e. The molecule has 0 amide bonds. The number of carbonyl (C=O) groups excluding carboxylic acids is 1. The summed E-state index contributed by atoms with van der Waals surface area (Å²) in [5.41, 5.74) is 6.17. The van der Waals surface area contributed by atoms with E-state index in [0.717, 1.165) is 12.8 Å². The van der Waals surface area contributed by atoms with Crippen molar-refractivity contribution in [2.75, 3.05) is 20.3 Å². The van der Waals surface area contributed by atoms with Gasteiger partial charge in [0.15, 0.2) is 0 Å². The molecule has 1 fully saturated rings. The van der Waals surface area contributed by atoms with Crippen LogP contribution in [0.25, 0.3) is 0 Å². The number of hydrogen-bond donors (Lipinski definition) is 1. The van der Waals surface area contributed by atoms with E-state index in [0.29, 0.717) is 26.1 Å². The third kappa shape index (κ3) is 6.03. The van der Waals surface area contributed by atoms with Gasteiger partial charge in [-0.15, -0.1) is 0 Å². The molecule has 100 valence electrons. The zero-order valence-corrected chi connectivity index (χ0v) is 10.9. The summed E-state index contributed by atoms with van der Waals surface area (Å²) >= 11 is 0. The molecule has 0 radical (unpaired) electrons. The summed E-state index contributed by atoms with van der Waals surface area (Å²) in [6, 6.07) is 0. The second-order valence-electron chi connectivity index (χ2n) is 5.01. The van der Waals surface area contributed by atoms with Crippen molar-refractivity contribution in [3.8, 4) is 0 Å². The molecule has 1 rings (SSSR count). The molecule has 0 aromatic heterocycles. The molecule has 4 heteroatoms. The number of hydrogen-bond acceptors (Lipinski definition) is 4. The highest BCUT2D eigenvalue weighted by Gasteiger charge is 2.26. The van der Waals surface area contributed by atoms with Gasteiger partial charge in [0.05, 0.1) is 13.7 Å². The van der Waals surface area contributed by atoms with Crippen molar-refractivity contribution in [3.05, 3.63) is 0 Å². The predicted octanol–water partition coefficient (Wildman–Crippen LogP) is 2.01. The Morgan fingerprint density at radius 3 is 2.47 bits per heavy atom. The Labute approximate surface area is 104 Å². The summed E-state index contributed by atoms with van der Waals surface area (Å²) in [4.78, 5) is 10.9. The monoisotopic (exact) mass is 243 g/mol. The highest BCUT2D eigenvalue weighted by Crippen LogP contribution is 2.25. The van der Waals surface area contributed by atoms with Gasteiger partial charge < -0.3 is 15.2 Å². The molecular weight excluding hydrogens is 218 g/mol. The second kappa shape index (κ2) is 7.67. The number of nitrogens with two attached hydrogens (primary N) is 1. The standard InChI is InChI=1S/C13H25NO3/c1-16-12(15)7-6-10-17-11-13(14)8-4-2-3-5-9-13/h2-11,14H2,1H3. The molecular formula is C13H25NO3. The SMILES string of the molecule is COC(=O)CCCOCC1(N)CCCCCC1. The zero-order chi connectivity index (χ0) is 12.6. The molecule has 0 bridgehead atoms. The van der Waals surface area contributed by atoms with E-state index in [1.54, 1.807) is 0 Å². The van der Waals surface area contributed by atoms with Crippen molar-refractivity contribution < 1.29 is 14.3 Å². The van der Waals surface area contributed by atoms with Gasteiger partial charge >= 0.3 is 5.97 Å². The lowest BCUT2D eigenvalue weighted by Crippen LogP contribution is -2.44. The molecule has 0 unspecified atom stereocenters. The van der Waals surface area contributed by atoms with Crippen LogP contribution < -0.4 is 5.73 Å². The molecule has 4 nitrogen and oxygen atoms in total. The van der Waals surface area contributed by atoms with Gasteiger partial charge in [0.1, 0.15) is 0 Å². The first-order valence-corrected chi connectivity index (χ1v) is 6.60. The molecule has 2 N–H and O–H groups in total. The van der Waals surface area contributed by atoms with Gasteiger partial charge in [-0.25, -0.2) is 0 Å². The number of esters is 1. The molecule has 0 aromatic carbocycles. The highest BCUT2D eigenvalue weighted by molar-refractivity contribution is 5.68. The molecule has 0 aromatic rings. The molecule has 0 aliphatic heterocycles. The van der Waals surface area contributed by atoms with Gasteiger partial charge in [0.2, 0.25) is 0 Å². The first-order valence-electron chi connectivity index (χ1n) is 6.60. The van der Waals surface area contributed by atoms with Gasteiger partial charge in [-0.1, -0.05) is 25.7 Å². The third-order valence-corrected chi connectivity index (χ3v) is 3.39. The minimum Gasteiger partial charge on any atom is -0.469 e. The van der Waals surface area contributed by atoms with Crippen LogP contribution in [0, 0.1) is 0 Å². The first-order chi connectivity index (χ1) is 8.16. The van der Waals surface area contributed by atoms with Crippen LogP contribution >= 0.6 is 0 Å². The van der Waals surface area contributed by atoms with Gasteiger partial charge in [-0.2, -0.15) is 0 Å². The number of carbonyl (C=O) groups is 1. The second-order valence-corrected chi connectivity index (χ2v) is 5.01. The number of rotatable bonds is 6. The lowest BCUT2D eigenvalue weighted by atomic mass is 9.93. The van der Waals surface area contributed by atoms with E-state index >= 15 is 0 Å². The minimum atomic E-state index is -0.175. The molecule has 1 saturated carbocycles. The van der Waals surface area contributed by atoms with Gasteiger partial charge in [0.25, 0.3) is 0 Å². The Bertz CT molecular complexity index is 223. The van der Waals surface area contributed by atoms with Crippen LogP contribution in [0.15, 0.2) is 0 Å². The summed E-state index contributed by atoms with van der Waals surface area (Å²) < 4.78 is 10.2. The van der Waals surface area contributed by atoms with Crippen molar-refractivity contribution in [2.45, 2.75) is 56.9 Å². The Morgan fingerprint density at radius 1 is 1.24 bits per heavy atom. The van der Waals surface area contributed by atoms with Gasteiger partial charge in [-0.3, -0.25) is 4.79 Å². The third-order valence-electron chi connectivity index (χ3n) is 3.39. The lowest BCUT2D eigenvalue weighted by Gasteiger charge is -2.27. The summed E-state index contributed by atoms with van der Waals surface area (Å²) in [6.45, 7) is 1.21. The maximum Gasteiger partial charge on any atom is 0.305 e. The zero-order valence-electron chi connectivity index (χ0n) is 10.9. The Kier molecular flexibility index (Phi) is 6.52. The van der Waals surface area contributed by atoms with Crippen LogP contribution in [-0.2, 0) is 14.3 Å². The fraction of sp³-hybridized carbons (Fsp3) is 0.923. The average Bonchev–Trinajstić information content (AvgIpc) is 2.54. The highest BCUT2D eigenvalue weighted by atomic mass is 16.5.